The van der Waals surface area contributed by atoms with Crippen molar-refractivity contribution in [3.8, 4) is 0 Å². The summed E-state index contributed by atoms with van der Waals surface area (Å²) in [5.41, 5.74) is -0.284. The number of carboxylic acid groups (broad SMARTS) is 1. The minimum Gasteiger partial charge on any atom is -0.475 e. The van der Waals surface area contributed by atoms with Gasteiger partial charge in [-0.25, -0.2) is 14.3 Å². The molecule has 2 rings (SSSR count). The zero-order valence-corrected chi connectivity index (χ0v) is 8.45. The lowest BCUT2D eigenvalue weighted by atomic mass is 10.4. The quantitative estimate of drug-likeness (QED) is 0.786. The standard InChI is InChI=1S/C9H9N3O4/c1-11-5-10-12(9(11)15)4-6-2-3-7(16-6)8(13)14/h2-3,5H,4H2,1H3,(H,13,14). The fourth-order valence-corrected chi connectivity index (χ4v) is 1.25. The molecule has 0 atom stereocenters. The Kier molecular flexibility index (Phi) is 2.35. The monoisotopic (exact) mass is 223 g/mol. The fraction of sp³-hybridized carbons (Fsp3) is 0.222. The molecule has 2 heterocycles. The highest BCUT2D eigenvalue weighted by atomic mass is 16.4. The molecule has 0 spiro atoms. The highest BCUT2D eigenvalue weighted by molar-refractivity contribution is 5.84. The SMILES string of the molecule is Cn1cnn(Cc2ccc(C(=O)O)o2)c1=O. The van der Waals surface area contributed by atoms with Crippen molar-refractivity contribution < 1.29 is 14.3 Å². The van der Waals surface area contributed by atoms with Gasteiger partial charge in [-0.15, -0.1) is 0 Å². The summed E-state index contributed by atoms with van der Waals surface area (Å²) < 4.78 is 7.51. The summed E-state index contributed by atoms with van der Waals surface area (Å²) in [7, 11) is 1.58. The first-order chi connectivity index (χ1) is 7.58. The highest BCUT2D eigenvalue weighted by Gasteiger charge is 2.10. The second-order valence-corrected chi connectivity index (χ2v) is 3.25. The van der Waals surface area contributed by atoms with Gasteiger partial charge in [0.15, 0.2) is 0 Å². The number of aromatic nitrogens is 3. The Morgan fingerprint density at radius 3 is 2.81 bits per heavy atom. The van der Waals surface area contributed by atoms with Gasteiger partial charge in [0.25, 0.3) is 0 Å². The van der Waals surface area contributed by atoms with E-state index in [4.69, 9.17) is 9.52 Å². The van der Waals surface area contributed by atoms with Crippen molar-refractivity contribution in [3.63, 3.8) is 0 Å². The van der Waals surface area contributed by atoms with Crippen molar-refractivity contribution in [2.45, 2.75) is 6.54 Å². The fourth-order valence-electron chi connectivity index (χ4n) is 1.25. The number of aryl methyl sites for hydroxylation is 1. The van der Waals surface area contributed by atoms with Crippen LogP contribution in [0.4, 0.5) is 0 Å². The summed E-state index contributed by atoms with van der Waals surface area (Å²) in [6.45, 7) is 0.118. The van der Waals surface area contributed by atoms with Gasteiger partial charge >= 0.3 is 11.7 Å². The topological polar surface area (TPSA) is 90.3 Å². The molecule has 0 saturated heterocycles. The van der Waals surface area contributed by atoms with Crippen molar-refractivity contribution in [1.82, 2.24) is 14.3 Å². The lowest BCUT2D eigenvalue weighted by molar-refractivity contribution is 0.0660. The van der Waals surface area contributed by atoms with Crippen molar-refractivity contribution in [3.05, 3.63) is 40.5 Å². The molecule has 2 aromatic heterocycles. The van der Waals surface area contributed by atoms with Gasteiger partial charge in [-0.1, -0.05) is 0 Å². The maximum absolute atomic E-state index is 11.4. The minimum atomic E-state index is -1.14. The van der Waals surface area contributed by atoms with Crippen molar-refractivity contribution in [1.29, 1.82) is 0 Å². The maximum Gasteiger partial charge on any atom is 0.371 e. The van der Waals surface area contributed by atoms with Crippen LogP contribution in [0.5, 0.6) is 0 Å². The van der Waals surface area contributed by atoms with E-state index >= 15 is 0 Å². The molecule has 0 aliphatic heterocycles. The summed E-state index contributed by atoms with van der Waals surface area (Å²) in [5.74, 6) is -0.920. The summed E-state index contributed by atoms with van der Waals surface area (Å²) in [6.07, 6.45) is 1.38. The van der Waals surface area contributed by atoms with Crippen LogP contribution in [-0.2, 0) is 13.6 Å². The largest absolute Gasteiger partial charge is 0.475 e. The Bertz CT molecular complexity index is 578. The smallest absolute Gasteiger partial charge is 0.371 e. The van der Waals surface area contributed by atoms with Crippen LogP contribution in [-0.4, -0.2) is 25.4 Å². The number of hydrogen-bond acceptors (Lipinski definition) is 4. The van der Waals surface area contributed by atoms with E-state index in [1.54, 1.807) is 7.05 Å². The second-order valence-electron chi connectivity index (χ2n) is 3.25. The molecule has 0 bridgehead atoms. The molecular weight excluding hydrogens is 214 g/mol. The second kappa shape index (κ2) is 3.69. The Labute approximate surface area is 89.5 Å². The molecule has 84 valence electrons. The van der Waals surface area contributed by atoms with E-state index < -0.39 is 5.97 Å². The number of rotatable bonds is 3. The van der Waals surface area contributed by atoms with Gasteiger partial charge in [0.1, 0.15) is 18.6 Å². The molecule has 0 radical (unpaired) electrons. The van der Waals surface area contributed by atoms with Crippen LogP contribution in [0, 0.1) is 0 Å². The van der Waals surface area contributed by atoms with Crippen LogP contribution >= 0.6 is 0 Å². The highest BCUT2D eigenvalue weighted by Crippen LogP contribution is 2.08. The minimum absolute atomic E-state index is 0.118. The summed E-state index contributed by atoms with van der Waals surface area (Å²) in [5, 5.41) is 12.5. The maximum atomic E-state index is 11.4. The van der Waals surface area contributed by atoms with Gasteiger partial charge in [0.05, 0.1) is 0 Å². The zero-order chi connectivity index (χ0) is 11.7. The number of aromatic carboxylic acids is 1. The number of carbonyl (C=O) groups is 1. The predicted octanol–water partition coefficient (Wildman–Crippen LogP) is -0.0787. The third kappa shape index (κ3) is 1.74. The van der Waals surface area contributed by atoms with Crippen LogP contribution in [0.25, 0.3) is 0 Å². The van der Waals surface area contributed by atoms with Crippen LogP contribution in [0.2, 0.25) is 0 Å². The summed E-state index contributed by atoms with van der Waals surface area (Å²) >= 11 is 0. The average Bonchev–Trinajstić information content (AvgIpc) is 2.81. The summed E-state index contributed by atoms with van der Waals surface area (Å²) in [6, 6.07) is 2.84. The third-order valence-electron chi connectivity index (χ3n) is 2.06. The molecule has 0 aliphatic rings. The van der Waals surface area contributed by atoms with E-state index in [0.29, 0.717) is 5.76 Å². The molecule has 7 heteroatoms. The molecule has 0 amide bonds. The van der Waals surface area contributed by atoms with Gasteiger partial charge < -0.3 is 9.52 Å². The molecule has 0 aromatic carbocycles. The van der Waals surface area contributed by atoms with Crippen LogP contribution in [0.1, 0.15) is 16.3 Å². The third-order valence-corrected chi connectivity index (χ3v) is 2.06. The van der Waals surface area contributed by atoms with Gasteiger partial charge in [-0.2, -0.15) is 5.10 Å². The molecule has 0 saturated carbocycles. The molecule has 7 nitrogen and oxygen atoms in total. The first-order valence-electron chi connectivity index (χ1n) is 4.48. The molecule has 0 fully saturated rings. The molecule has 1 N–H and O–H groups in total. The zero-order valence-electron chi connectivity index (χ0n) is 8.45. The van der Waals surface area contributed by atoms with Crippen LogP contribution in [0.3, 0.4) is 0 Å². The van der Waals surface area contributed by atoms with E-state index in [-0.39, 0.29) is 18.0 Å². The Morgan fingerprint density at radius 1 is 1.56 bits per heavy atom. The Hall–Kier alpha value is -2.31. The lowest BCUT2D eigenvalue weighted by Crippen LogP contribution is -2.23. The number of nitrogens with zero attached hydrogens (tertiary/aromatic N) is 3. The van der Waals surface area contributed by atoms with E-state index in [9.17, 15) is 9.59 Å². The number of furan rings is 1. The van der Waals surface area contributed by atoms with Crippen molar-refractivity contribution in [2.75, 3.05) is 0 Å². The molecule has 16 heavy (non-hydrogen) atoms. The average molecular weight is 223 g/mol. The number of hydrogen-bond donors (Lipinski definition) is 1. The van der Waals surface area contributed by atoms with Gasteiger partial charge in [-0.05, 0) is 12.1 Å². The van der Waals surface area contributed by atoms with E-state index in [1.165, 1.54) is 27.7 Å². The molecule has 0 aliphatic carbocycles. The van der Waals surface area contributed by atoms with E-state index in [1.807, 2.05) is 0 Å². The van der Waals surface area contributed by atoms with E-state index in [2.05, 4.69) is 5.10 Å². The lowest BCUT2D eigenvalue weighted by Gasteiger charge is -1.94. The Balaban J connectivity index is 2.24. The van der Waals surface area contributed by atoms with Crippen LogP contribution in [0.15, 0.2) is 27.7 Å². The molecular formula is C9H9N3O4. The van der Waals surface area contributed by atoms with Gasteiger partial charge in [0.2, 0.25) is 5.76 Å². The van der Waals surface area contributed by atoms with Crippen LogP contribution < -0.4 is 5.69 Å². The molecule has 0 unspecified atom stereocenters. The normalized spacial score (nSPS) is 10.6. The summed E-state index contributed by atoms with van der Waals surface area (Å²) in [4.78, 5) is 22.0. The van der Waals surface area contributed by atoms with E-state index in [0.717, 1.165) is 0 Å². The first-order valence-corrected chi connectivity index (χ1v) is 4.48. The predicted molar refractivity (Wildman–Crippen MR) is 52.2 cm³/mol. The van der Waals surface area contributed by atoms with Crippen molar-refractivity contribution in [2.24, 2.45) is 7.05 Å². The van der Waals surface area contributed by atoms with Gasteiger partial charge in [-0.3, -0.25) is 4.57 Å². The van der Waals surface area contributed by atoms with Crippen molar-refractivity contribution >= 4 is 5.97 Å². The van der Waals surface area contributed by atoms with Gasteiger partial charge in [0, 0.05) is 7.05 Å². The molecule has 2 aromatic rings. The first kappa shape index (κ1) is 10.2. The number of carboxylic acids is 1. The Morgan fingerprint density at radius 2 is 2.31 bits per heavy atom.